The van der Waals surface area contributed by atoms with Gasteiger partial charge < -0.3 is 9.84 Å². The molecular weight excluding hydrogens is 276 g/mol. The van der Waals surface area contributed by atoms with Gasteiger partial charge in [-0.3, -0.25) is 4.79 Å². The standard InChI is InChI=1S/C19H21O3/c1-22-18-14-16(11-13-19(20)21)10-12-17(18)9-5-8-15-6-3-2-4-7-15/h3-4,6-7,10,12,14H,5,8-9,11,13H2,1H3,(H,20,21). The zero-order valence-electron chi connectivity index (χ0n) is 12.8. The predicted molar refractivity (Wildman–Crippen MR) is 86.3 cm³/mol. The average Bonchev–Trinajstić information content (AvgIpc) is 2.54. The second kappa shape index (κ2) is 8.23. The lowest BCUT2D eigenvalue weighted by Crippen LogP contribution is -1.99. The van der Waals surface area contributed by atoms with E-state index < -0.39 is 5.97 Å². The van der Waals surface area contributed by atoms with E-state index in [2.05, 4.69) is 24.3 Å². The van der Waals surface area contributed by atoms with Crippen LogP contribution in [0.2, 0.25) is 0 Å². The first-order valence-electron chi connectivity index (χ1n) is 7.51. The van der Waals surface area contributed by atoms with Crippen LogP contribution in [0.5, 0.6) is 5.75 Å². The summed E-state index contributed by atoms with van der Waals surface area (Å²) in [5.41, 5.74) is 3.49. The number of carboxylic acid groups (broad SMARTS) is 1. The Hall–Kier alpha value is -2.29. The van der Waals surface area contributed by atoms with Gasteiger partial charge in [0.1, 0.15) is 5.75 Å². The molecule has 0 aliphatic heterocycles. The molecule has 0 amide bonds. The highest BCUT2D eigenvalue weighted by Gasteiger charge is 2.06. The molecule has 0 aromatic heterocycles. The number of hydrogen-bond acceptors (Lipinski definition) is 2. The predicted octanol–water partition coefficient (Wildman–Crippen LogP) is 3.69. The fourth-order valence-electron chi connectivity index (χ4n) is 2.47. The van der Waals surface area contributed by atoms with Crippen LogP contribution in [-0.4, -0.2) is 18.2 Å². The van der Waals surface area contributed by atoms with Gasteiger partial charge in [-0.2, -0.15) is 0 Å². The van der Waals surface area contributed by atoms with Crippen molar-refractivity contribution in [2.45, 2.75) is 32.1 Å². The summed E-state index contributed by atoms with van der Waals surface area (Å²) in [4.78, 5) is 10.6. The van der Waals surface area contributed by atoms with Crippen LogP contribution >= 0.6 is 0 Å². The highest BCUT2D eigenvalue weighted by Crippen LogP contribution is 2.23. The lowest BCUT2D eigenvalue weighted by atomic mass is 10.0. The van der Waals surface area contributed by atoms with Crippen LogP contribution in [0.1, 0.15) is 29.5 Å². The first-order chi connectivity index (χ1) is 10.7. The summed E-state index contributed by atoms with van der Waals surface area (Å²) < 4.78 is 5.44. The molecule has 0 atom stereocenters. The van der Waals surface area contributed by atoms with Gasteiger partial charge in [0.05, 0.1) is 7.11 Å². The monoisotopic (exact) mass is 297 g/mol. The Kier molecular flexibility index (Phi) is 6.01. The van der Waals surface area contributed by atoms with Gasteiger partial charge in [-0.15, -0.1) is 0 Å². The molecule has 3 nitrogen and oxygen atoms in total. The summed E-state index contributed by atoms with van der Waals surface area (Å²) in [5.74, 6) is 0.0763. The maximum Gasteiger partial charge on any atom is 0.303 e. The maximum atomic E-state index is 10.6. The van der Waals surface area contributed by atoms with Crippen molar-refractivity contribution in [3.05, 3.63) is 65.2 Å². The minimum atomic E-state index is -0.775. The molecule has 0 spiro atoms. The largest absolute Gasteiger partial charge is 0.496 e. The van der Waals surface area contributed by atoms with Gasteiger partial charge in [0.25, 0.3) is 0 Å². The summed E-state index contributed by atoms with van der Waals surface area (Å²) in [6.45, 7) is 0. The molecule has 1 radical (unpaired) electrons. The molecule has 0 heterocycles. The lowest BCUT2D eigenvalue weighted by molar-refractivity contribution is -0.136. The molecule has 22 heavy (non-hydrogen) atoms. The zero-order chi connectivity index (χ0) is 15.8. The molecule has 0 saturated heterocycles. The van der Waals surface area contributed by atoms with Crippen LogP contribution in [0.4, 0.5) is 0 Å². The Labute approximate surface area is 131 Å². The Morgan fingerprint density at radius 1 is 1.09 bits per heavy atom. The summed E-state index contributed by atoms with van der Waals surface area (Å²) in [5, 5.41) is 8.75. The van der Waals surface area contributed by atoms with Crippen molar-refractivity contribution in [1.82, 2.24) is 0 Å². The summed E-state index contributed by atoms with van der Waals surface area (Å²) >= 11 is 0. The van der Waals surface area contributed by atoms with Gasteiger partial charge >= 0.3 is 5.97 Å². The molecule has 2 rings (SSSR count). The van der Waals surface area contributed by atoms with E-state index in [4.69, 9.17) is 9.84 Å². The van der Waals surface area contributed by atoms with E-state index in [9.17, 15) is 4.79 Å². The van der Waals surface area contributed by atoms with Gasteiger partial charge in [0.2, 0.25) is 0 Å². The van der Waals surface area contributed by atoms with Crippen LogP contribution in [0.15, 0.2) is 42.5 Å². The first kappa shape index (κ1) is 16.1. The van der Waals surface area contributed by atoms with E-state index in [-0.39, 0.29) is 6.42 Å². The summed E-state index contributed by atoms with van der Waals surface area (Å²) in [7, 11) is 1.66. The second-order valence-electron chi connectivity index (χ2n) is 5.30. The van der Waals surface area contributed by atoms with Crippen LogP contribution in [0, 0.1) is 6.07 Å². The molecule has 1 N–H and O–H groups in total. The molecule has 0 fully saturated rings. The van der Waals surface area contributed by atoms with Gasteiger partial charge in [0, 0.05) is 6.42 Å². The number of aliphatic carboxylic acids is 1. The van der Waals surface area contributed by atoms with E-state index in [1.165, 1.54) is 11.1 Å². The number of rotatable bonds is 8. The van der Waals surface area contributed by atoms with Crippen molar-refractivity contribution in [3.63, 3.8) is 0 Å². The maximum absolute atomic E-state index is 10.6. The normalized spacial score (nSPS) is 10.4. The quantitative estimate of drug-likeness (QED) is 0.808. The van der Waals surface area contributed by atoms with Crippen molar-refractivity contribution in [2.75, 3.05) is 7.11 Å². The topological polar surface area (TPSA) is 46.5 Å². The van der Waals surface area contributed by atoms with Crippen LogP contribution in [-0.2, 0) is 24.1 Å². The number of carboxylic acids is 1. The van der Waals surface area contributed by atoms with Crippen molar-refractivity contribution < 1.29 is 14.6 Å². The Morgan fingerprint density at radius 3 is 2.55 bits per heavy atom. The lowest BCUT2D eigenvalue weighted by Gasteiger charge is -2.10. The molecule has 2 aromatic carbocycles. The SMILES string of the molecule is COc1cc(CCC(=O)O)ccc1CCCc1cc[c]cc1. The van der Waals surface area contributed by atoms with Crippen molar-refractivity contribution in [2.24, 2.45) is 0 Å². The first-order valence-corrected chi connectivity index (χ1v) is 7.51. The molecule has 0 saturated carbocycles. The fourth-order valence-corrected chi connectivity index (χ4v) is 2.47. The van der Waals surface area contributed by atoms with Gasteiger partial charge in [0.15, 0.2) is 0 Å². The Balaban J connectivity index is 1.94. The van der Waals surface area contributed by atoms with Crippen LogP contribution in [0.3, 0.4) is 0 Å². The van der Waals surface area contributed by atoms with Crippen molar-refractivity contribution in [3.8, 4) is 5.75 Å². The number of methoxy groups -OCH3 is 1. The van der Waals surface area contributed by atoms with Crippen molar-refractivity contribution in [1.29, 1.82) is 0 Å². The fraction of sp³-hybridized carbons (Fsp3) is 0.316. The number of ether oxygens (including phenoxy) is 1. The van der Waals surface area contributed by atoms with E-state index in [1.807, 2.05) is 24.3 Å². The van der Waals surface area contributed by atoms with E-state index in [1.54, 1.807) is 7.11 Å². The highest BCUT2D eigenvalue weighted by molar-refractivity contribution is 5.67. The number of benzene rings is 2. The number of hydrogen-bond donors (Lipinski definition) is 1. The second-order valence-corrected chi connectivity index (χ2v) is 5.30. The molecule has 0 unspecified atom stereocenters. The minimum absolute atomic E-state index is 0.146. The smallest absolute Gasteiger partial charge is 0.303 e. The molecule has 115 valence electrons. The molecule has 0 bridgehead atoms. The third-order valence-corrected chi connectivity index (χ3v) is 3.68. The van der Waals surface area contributed by atoms with Gasteiger partial charge in [-0.1, -0.05) is 36.4 Å². The molecule has 0 aliphatic carbocycles. The van der Waals surface area contributed by atoms with Gasteiger partial charge in [-0.25, -0.2) is 0 Å². The molecule has 0 aliphatic rings. The number of aryl methyl sites for hydroxylation is 3. The van der Waals surface area contributed by atoms with E-state index >= 15 is 0 Å². The molecule has 2 aromatic rings. The summed E-state index contributed by atoms with van der Waals surface area (Å²) in [6.07, 6.45) is 3.70. The minimum Gasteiger partial charge on any atom is -0.496 e. The van der Waals surface area contributed by atoms with Crippen LogP contribution < -0.4 is 4.74 Å². The third-order valence-electron chi connectivity index (χ3n) is 3.68. The van der Waals surface area contributed by atoms with Gasteiger partial charge in [-0.05, 0) is 54.5 Å². The molecule has 3 heteroatoms. The van der Waals surface area contributed by atoms with Crippen molar-refractivity contribution >= 4 is 5.97 Å². The Bertz CT molecular complexity index is 605. The number of carbonyl (C=O) groups is 1. The van der Waals surface area contributed by atoms with Crippen LogP contribution in [0.25, 0.3) is 0 Å². The van der Waals surface area contributed by atoms with E-state index in [0.29, 0.717) is 6.42 Å². The summed E-state index contributed by atoms with van der Waals surface area (Å²) in [6, 6.07) is 17.1. The zero-order valence-corrected chi connectivity index (χ0v) is 12.8. The van der Waals surface area contributed by atoms with E-state index in [0.717, 1.165) is 30.6 Å². The Morgan fingerprint density at radius 2 is 1.86 bits per heavy atom. The highest BCUT2D eigenvalue weighted by atomic mass is 16.5. The average molecular weight is 297 g/mol. The molecular formula is C19H21O3. The third kappa shape index (κ3) is 4.92.